The Kier molecular flexibility index (Phi) is 12.2. The number of nitrogens with one attached hydrogen (secondary N) is 2. The van der Waals surface area contributed by atoms with Crippen LogP contribution in [-0.2, 0) is 29.2 Å². The van der Waals surface area contributed by atoms with Gasteiger partial charge in [-0.05, 0) is 37.5 Å². The highest BCUT2D eigenvalue weighted by molar-refractivity contribution is 14.0. The maximum Gasteiger partial charge on any atom is 0.191 e. The number of nitrogens with zero attached hydrogens (tertiary/aromatic N) is 2. The molecule has 2 aromatic rings. The predicted octanol–water partition coefficient (Wildman–Crippen LogP) is 4.19. The quantitative estimate of drug-likeness (QED) is 0.257. The molecule has 1 aliphatic heterocycles. The summed E-state index contributed by atoms with van der Waals surface area (Å²) in [4.78, 5) is 7.29. The molecule has 0 aliphatic carbocycles. The fraction of sp³-hybridized carbons (Fsp3) is 0.500. The predicted molar refractivity (Wildman–Crippen MR) is 146 cm³/mol. The maximum atomic E-state index is 5.88. The van der Waals surface area contributed by atoms with Crippen LogP contribution in [0.3, 0.4) is 0 Å². The Morgan fingerprint density at radius 2 is 1.64 bits per heavy atom. The van der Waals surface area contributed by atoms with Crippen molar-refractivity contribution in [2.45, 2.75) is 46.1 Å². The zero-order valence-electron chi connectivity index (χ0n) is 20.2. The Hall–Kier alpha value is -1.68. The molecule has 33 heavy (non-hydrogen) atoms. The molecule has 0 spiro atoms. The summed E-state index contributed by atoms with van der Waals surface area (Å²) in [6.45, 7) is 13.7. The van der Waals surface area contributed by atoms with Crippen molar-refractivity contribution in [2.75, 3.05) is 39.4 Å². The maximum absolute atomic E-state index is 5.88. The molecular weight excluding hydrogens is 527 g/mol. The summed E-state index contributed by atoms with van der Waals surface area (Å²) >= 11 is 0. The van der Waals surface area contributed by atoms with Crippen LogP contribution in [-0.4, -0.2) is 55.8 Å². The number of halogens is 1. The first-order chi connectivity index (χ1) is 15.6. The molecule has 0 unspecified atom stereocenters. The molecule has 2 N–H and O–H groups in total. The number of aliphatic imine (C=N–C) groups is 1. The summed E-state index contributed by atoms with van der Waals surface area (Å²) in [6.07, 6.45) is 0. The number of guanidine groups is 1. The van der Waals surface area contributed by atoms with Gasteiger partial charge in [-0.1, -0.05) is 54.6 Å². The van der Waals surface area contributed by atoms with Crippen LogP contribution in [0.2, 0.25) is 0 Å². The largest absolute Gasteiger partial charge is 0.379 e. The molecule has 7 heteroatoms. The van der Waals surface area contributed by atoms with Gasteiger partial charge in [0.25, 0.3) is 0 Å². The van der Waals surface area contributed by atoms with Crippen molar-refractivity contribution in [1.29, 1.82) is 0 Å². The van der Waals surface area contributed by atoms with Crippen LogP contribution in [0.25, 0.3) is 0 Å². The Bertz CT molecular complexity index is 839. The van der Waals surface area contributed by atoms with Crippen molar-refractivity contribution < 1.29 is 9.47 Å². The van der Waals surface area contributed by atoms with Gasteiger partial charge in [-0.25, -0.2) is 4.99 Å². The highest BCUT2D eigenvalue weighted by Crippen LogP contribution is 2.15. The van der Waals surface area contributed by atoms with E-state index in [1.807, 2.05) is 18.2 Å². The average molecular weight is 567 g/mol. The summed E-state index contributed by atoms with van der Waals surface area (Å²) in [7, 11) is 0. The number of ether oxygens (including phenoxy) is 2. The normalized spacial score (nSPS) is 15.1. The fourth-order valence-electron chi connectivity index (χ4n) is 3.77. The summed E-state index contributed by atoms with van der Waals surface area (Å²) < 4.78 is 11.4. The molecule has 1 heterocycles. The molecule has 0 aromatic heterocycles. The van der Waals surface area contributed by atoms with Crippen LogP contribution < -0.4 is 10.6 Å². The van der Waals surface area contributed by atoms with Gasteiger partial charge in [0.2, 0.25) is 0 Å². The van der Waals surface area contributed by atoms with E-state index in [0.29, 0.717) is 19.8 Å². The van der Waals surface area contributed by atoms with E-state index in [9.17, 15) is 0 Å². The van der Waals surface area contributed by atoms with Crippen molar-refractivity contribution in [2.24, 2.45) is 4.99 Å². The zero-order chi connectivity index (χ0) is 22.7. The van der Waals surface area contributed by atoms with Crippen LogP contribution >= 0.6 is 24.0 Å². The molecule has 0 atom stereocenters. The first-order valence-corrected chi connectivity index (χ1v) is 11.6. The van der Waals surface area contributed by atoms with E-state index in [0.717, 1.165) is 45.4 Å². The monoisotopic (exact) mass is 566 g/mol. The highest BCUT2D eigenvalue weighted by atomic mass is 127. The van der Waals surface area contributed by atoms with E-state index in [-0.39, 0.29) is 29.5 Å². The topological polar surface area (TPSA) is 58.1 Å². The number of rotatable bonds is 10. The molecule has 182 valence electrons. The van der Waals surface area contributed by atoms with Crippen molar-refractivity contribution in [3.8, 4) is 0 Å². The second-order valence-corrected chi connectivity index (χ2v) is 8.76. The fourth-order valence-corrected chi connectivity index (χ4v) is 3.77. The third-order valence-electron chi connectivity index (χ3n) is 5.69. The molecule has 1 fully saturated rings. The van der Waals surface area contributed by atoms with E-state index >= 15 is 0 Å². The van der Waals surface area contributed by atoms with Gasteiger partial charge >= 0.3 is 0 Å². The number of benzene rings is 2. The molecule has 2 aromatic carbocycles. The lowest BCUT2D eigenvalue weighted by molar-refractivity contribution is -0.00834. The van der Waals surface area contributed by atoms with Gasteiger partial charge in [0.05, 0.1) is 33.0 Å². The molecule has 3 rings (SSSR count). The summed E-state index contributed by atoms with van der Waals surface area (Å²) in [5.74, 6) is 0.847. The molecule has 0 amide bonds. The minimum Gasteiger partial charge on any atom is -0.379 e. The summed E-state index contributed by atoms with van der Waals surface area (Å²) in [5, 5.41) is 6.89. The first-order valence-electron chi connectivity index (χ1n) is 11.6. The Labute approximate surface area is 216 Å². The molecule has 0 bridgehead atoms. The highest BCUT2D eigenvalue weighted by Gasteiger charge is 2.28. The molecule has 6 nitrogen and oxygen atoms in total. The third-order valence-corrected chi connectivity index (χ3v) is 5.69. The average Bonchev–Trinajstić information content (AvgIpc) is 2.82. The minimum absolute atomic E-state index is 0. The van der Waals surface area contributed by atoms with Crippen LogP contribution in [0.15, 0.2) is 59.6 Å². The number of hydrogen-bond donors (Lipinski definition) is 2. The van der Waals surface area contributed by atoms with Crippen LogP contribution in [0, 0.1) is 0 Å². The Morgan fingerprint density at radius 1 is 0.970 bits per heavy atom. The van der Waals surface area contributed by atoms with E-state index in [1.54, 1.807) is 0 Å². The molecule has 0 radical (unpaired) electrons. The minimum atomic E-state index is 0. The van der Waals surface area contributed by atoms with Crippen molar-refractivity contribution in [3.05, 3.63) is 71.3 Å². The van der Waals surface area contributed by atoms with E-state index in [2.05, 4.69) is 72.7 Å². The summed E-state index contributed by atoms with van der Waals surface area (Å²) in [5.41, 5.74) is 3.57. The van der Waals surface area contributed by atoms with Crippen molar-refractivity contribution in [3.63, 3.8) is 0 Å². The second-order valence-electron chi connectivity index (χ2n) is 8.76. The zero-order valence-corrected chi connectivity index (χ0v) is 22.5. The lowest BCUT2D eigenvalue weighted by Gasteiger charge is -2.41. The smallest absolute Gasteiger partial charge is 0.191 e. The van der Waals surface area contributed by atoms with E-state index in [1.165, 1.54) is 16.7 Å². The molecular formula is C26H39IN4O2. The van der Waals surface area contributed by atoms with Gasteiger partial charge in [-0.3, -0.25) is 4.90 Å². The SMILES string of the molecule is CCNC(=NCc1cccc(COCc2ccccc2)c1)NCC(C)(C)N1CCOCC1.I. The van der Waals surface area contributed by atoms with Gasteiger partial charge in [0.15, 0.2) is 5.96 Å². The molecule has 1 aliphatic rings. The Morgan fingerprint density at radius 3 is 2.36 bits per heavy atom. The van der Waals surface area contributed by atoms with Crippen LogP contribution in [0.4, 0.5) is 0 Å². The number of morpholine rings is 1. The molecule has 1 saturated heterocycles. The van der Waals surface area contributed by atoms with Crippen LogP contribution in [0.5, 0.6) is 0 Å². The third kappa shape index (κ3) is 9.60. The van der Waals surface area contributed by atoms with Gasteiger partial charge < -0.3 is 20.1 Å². The first kappa shape index (κ1) is 27.6. The van der Waals surface area contributed by atoms with Crippen molar-refractivity contribution in [1.82, 2.24) is 15.5 Å². The lowest BCUT2D eigenvalue weighted by Crippen LogP contribution is -2.56. The van der Waals surface area contributed by atoms with Gasteiger partial charge in [0.1, 0.15) is 0 Å². The van der Waals surface area contributed by atoms with E-state index < -0.39 is 0 Å². The van der Waals surface area contributed by atoms with Gasteiger partial charge in [-0.2, -0.15) is 0 Å². The second kappa shape index (κ2) is 14.6. The molecule has 0 saturated carbocycles. The van der Waals surface area contributed by atoms with Crippen LogP contribution in [0.1, 0.15) is 37.5 Å². The summed E-state index contributed by atoms with van der Waals surface area (Å²) in [6, 6.07) is 18.7. The Balaban J connectivity index is 0.00000385. The lowest BCUT2D eigenvalue weighted by atomic mass is 10.0. The van der Waals surface area contributed by atoms with E-state index in [4.69, 9.17) is 14.5 Å². The van der Waals surface area contributed by atoms with Crippen molar-refractivity contribution >= 4 is 29.9 Å². The van der Waals surface area contributed by atoms with Gasteiger partial charge in [-0.15, -0.1) is 24.0 Å². The standard InChI is InChI=1S/C26H38N4O2.HI/c1-4-27-25(29-21-26(2,3)30-13-15-31-16-14-30)28-18-23-11-8-12-24(17-23)20-32-19-22-9-6-5-7-10-22;/h5-12,17H,4,13-16,18-21H2,1-3H3,(H2,27,28,29);1H. The number of hydrogen-bond acceptors (Lipinski definition) is 4. The van der Waals surface area contributed by atoms with Gasteiger partial charge in [0, 0.05) is 31.7 Å².